The monoisotopic (exact) mass is 196 g/mol. The van der Waals surface area contributed by atoms with Gasteiger partial charge in [-0.25, -0.2) is 4.68 Å². The maximum absolute atomic E-state index is 12.0. The molecule has 1 heterocycles. The van der Waals surface area contributed by atoms with Crippen molar-refractivity contribution in [1.29, 1.82) is 0 Å². The van der Waals surface area contributed by atoms with E-state index < -0.39 is 0 Å². The summed E-state index contributed by atoms with van der Waals surface area (Å²) in [6, 6.07) is 0. The van der Waals surface area contributed by atoms with E-state index in [0.717, 1.165) is 24.1 Å². The number of hydrogen-bond donors (Lipinski definition) is 1. The summed E-state index contributed by atoms with van der Waals surface area (Å²) in [4.78, 5) is 12.0. The summed E-state index contributed by atoms with van der Waals surface area (Å²) < 4.78 is 1.73. The van der Waals surface area contributed by atoms with E-state index in [9.17, 15) is 4.79 Å². The van der Waals surface area contributed by atoms with Crippen LogP contribution < -0.4 is 5.56 Å². The van der Waals surface area contributed by atoms with Crippen molar-refractivity contribution >= 4 is 0 Å². The molecule has 0 aliphatic heterocycles. The predicted molar refractivity (Wildman–Crippen MR) is 58.8 cm³/mol. The van der Waals surface area contributed by atoms with Crippen LogP contribution >= 0.6 is 0 Å². The molecule has 14 heavy (non-hydrogen) atoms. The highest BCUT2D eigenvalue weighted by Gasteiger charge is 2.20. The molecular weight excluding hydrogens is 176 g/mol. The standard InChI is InChI=1S/C11H20N2O/c1-6-8-9(7-2)12-13(10(8)14)11(3,4)5/h12H,6-7H2,1-5H3. The fourth-order valence-electron chi connectivity index (χ4n) is 1.65. The Balaban J connectivity index is 3.36. The summed E-state index contributed by atoms with van der Waals surface area (Å²) >= 11 is 0. The Labute approximate surface area is 85.1 Å². The zero-order chi connectivity index (χ0) is 10.9. The third-order valence-electron chi connectivity index (χ3n) is 2.45. The average Bonchev–Trinajstić information content (AvgIpc) is 2.40. The van der Waals surface area contributed by atoms with Crippen LogP contribution in [-0.2, 0) is 18.4 Å². The number of H-pyrrole nitrogens is 1. The molecule has 1 N–H and O–H groups in total. The van der Waals surface area contributed by atoms with Crippen molar-refractivity contribution in [3.05, 3.63) is 21.6 Å². The second-order valence-corrected chi connectivity index (χ2v) is 4.59. The smallest absolute Gasteiger partial charge is 0.270 e. The van der Waals surface area contributed by atoms with Gasteiger partial charge in [-0.1, -0.05) is 13.8 Å². The number of nitrogens with one attached hydrogen (secondary N) is 1. The Morgan fingerprint density at radius 3 is 2.07 bits per heavy atom. The zero-order valence-electron chi connectivity index (χ0n) is 9.77. The SMILES string of the molecule is CCc1[nH]n(C(C)(C)C)c(=O)c1CC. The van der Waals surface area contributed by atoms with Crippen LogP contribution in [0.25, 0.3) is 0 Å². The van der Waals surface area contributed by atoms with Crippen LogP contribution in [0.4, 0.5) is 0 Å². The molecule has 0 fully saturated rings. The molecule has 0 radical (unpaired) electrons. The van der Waals surface area contributed by atoms with E-state index in [4.69, 9.17) is 0 Å². The lowest BCUT2D eigenvalue weighted by molar-refractivity contribution is 0.343. The topological polar surface area (TPSA) is 37.8 Å². The Hall–Kier alpha value is -0.990. The molecule has 0 bridgehead atoms. The molecule has 0 unspecified atom stereocenters. The van der Waals surface area contributed by atoms with Gasteiger partial charge in [-0.15, -0.1) is 0 Å². The lowest BCUT2D eigenvalue weighted by atomic mass is 10.1. The van der Waals surface area contributed by atoms with Crippen molar-refractivity contribution in [2.24, 2.45) is 0 Å². The molecule has 1 aromatic heterocycles. The molecule has 0 saturated heterocycles. The molecule has 0 spiro atoms. The van der Waals surface area contributed by atoms with Gasteiger partial charge in [-0.2, -0.15) is 0 Å². The van der Waals surface area contributed by atoms with Crippen LogP contribution in [0.5, 0.6) is 0 Å². The number of aryl methyl sites for hydroxylation is 1. The normalized spacial score (nSPS) is 12.1. The summed E-state index contributed by atoms with van der Waals surface area (Å²) in [5, 5.41) is 3.19. The summed E-state index contributed by atoms with van der Waals surface area (Å²) in [6.07, 6.45) is 1.70. The van der Waals surface area contributed by atoms with E-state index in [2.05, 4.69) is 12.0 Å². The minimum Gasteiger partial charge on any atom is -0.299 e. The molecule has 0 aliphatic carbocycles. The first kappa shape index (κ1) is 11.1. The molecule has 1 rings (SSSR count). The summed E-state index contributed by atoms with van der Waals surface area (Å²) in [7, 11) is 0. The van der Waals surface area contributed by atoms with E-state index in [0.29, 0.717) is 0 Å². The number of nitrogens with zero attached hydrogens (tertiary/aromatic N) is 1. The molecule has 0 aromatic carbocycles. The largest absolute Gasteiger partial charge is 0.299 e. The Morgan fingerprint density at radius 1 is 1.21 bits per heavy atom. The highest BCUT2D eigenvalue weighted by Crippen LogP contribution is 2.12. The van der Waals surface area contributed by atoms with Crippen molar-refractivity contribution in [1.82, 2.24) is 9.78 Å². The van der Waals surface area contributed by atoms with Gasteiger partial charge in [0.05, 0.1) is 5.54 Å². The van der Waals surface area contributed by atoms with Crippen molar-refractivity contribution in [3.63, 3.8) is 0 Å². The first-order valence-electron chi connectivity index (χ1n) is 5.25. The van der Waals surface area contributed by atoms with Crippen LogP contribution in [0.2, 0.25) is 0 Å². The predicted octanol–water partition coefficient (Wildman–Crippen LogP) is 2.06. The first-order valence-corrected chi connectivity index (χ1v) is 5.25. The minimum atomic E-state index is -0.158. The van der Waals surface area contributed by atoms with Crippen LogP contribution in [0.3, 0.4) is 0 Å². The van der Waals surface area contributed by atoms with Gasteiger partial charge in [0.2, 0.25) is 0 Å². The van der Waals surface area contributed by atoms with Crippen molar-refractivity contribution in [2.75, 3.05) is 0 Å². The van der Waals surface area contributed by atoms with Gasteiger partial charge in [0, 0.05) is 11.3 Å². The maximum Gasteiger partial charge on any atom is 0.270 e. The number of aromatic nitrogens is 2. The highest BCUT2D eigenvalue weighted by molar-refractivity contribution is 5.17. The van der Waals surface area contributed by atoms with E-state index in [1.165, 1.54) is 0 Å². The third-order valence-corrected chi connectivity index (χ3v) is 2.45. The molecule has 0 saturated carbocycles. The first-order chi connectivity index (χ1) is 6.41. The van der Waals surface area contributed by atoms with Crippen molar-refractivity contribution in [3.8, 4) is 0 Å². The van der Waals surface area contributed by atoms with Crippen LogP contribution in [0, 0.1) is 0 Å². The lowest BCUT2D eigenvalue weighted by Crippen LogP contribution is -2.33. The molecule has 0 aliphatic rings. The fraction of sp³-hybridized carbons (Fsp3) is 0.727. The summed E-state index contributed by atoms with van der Waals surface area (Å²) in [5.74, 6) is 0. The van der Waals surface area contributed by atoms with Crippen LogP contribution in [0.1, 0.15) is 45.9 Å². The summed E-state index contributed by atoms with van der Waals surface area (Å²) in [6.45, 7) is 10.2. The zero-order valence-corrected chi connectivity index (χ0v) is 9.77. The van der Waals surface area contributed by atoms with Crippen LogP contribution in [0.15, 0.2) is 4.79 Å². The van der Waals surface area contributed by atoms with Gasteiger partial charge in [0.1, 0.15) is 0 Å². The second kappa shape index (κ2) is 3.64. The van der Waals surface area contributed by atoms with Gasteiger partial charge in [-0.05, 0) is 33.6 Å². The Kier molecular flexibility index (Phi) is 2.88. The molecule has 0 amide bonds. The fourth-order valence-corrected chi connectivity index (χ4v) is 1.65. The molecule has 3 nitrogen and oxygen atoms in total. The minimum absolute atomic E-state index is 0.136. The number of rotatable bonds is 2. The highest BCUT2D eigenvalue weighted by atomic mass is 16.1. The van der Waals surface area contributed by atoms with Crippen molar-refractivity contribution < 1.29 is 0 Å². The van der Waals surface area contributed by atoms with E-state index in [1.807, 2.05) is 27.7 Å². The second-order valence-electron chi connectivity index (χ2n) is 4.59. The van der Waals surface area contributed by atoms with E-state index in [1.54, 1.807) is 4.68 Å². The molecule has 0 atom stereocenters. The van der Waals surface area contributed by atoms with E-state index in [-0.39, 0.29) is 11.1 Å². The van der Waals surface area contributed by atoms with Crippen molar-refractivity contribution in [2.45, 2.75) is 53.0 Å². The Morgan fingerprint density at radius 2 is 1.79 bits per heavy atom. The molecule has 3 heteroatoms. The van der Waals surface area contributed by atoms with Gasteiger partial charge in [0.15, 0.2) is 0 Å². The van der Waals surface area contributed by atoms with Crippen LogP contribution in [-0.4, -0.2) is 9.78 Å². The number of aromatic amines is 1. The summed E-state index contributed by atoms with van der Waals surface area (Å²) in [5.41, 5.74) is 1.99. The van der Waals surface area contributed by atoms with Gasteiger partial charge >= 0.3 is 0 Å². The third kappa shape index (κ3) is 1.76. The van der Waals surface area contributed by atoms with Gasteiger partial charge < -0.3 is 0 Å². The lowest BCUT2D eigenvalue weighted by Gasteiger charge is -2.19. The molecular formula is C11H20N2O. The van der Waals surface area contributed by atoms with Gasteiger partial charge in [-0.3, -0.25) is 9.89 Å². The average molecular weight is 196 g/mol. The Bertz CT molecular complexity index is 366. The molecule has 80 valence electrons. The number of hydrogen-bond acceptors (Lipinski definition) is 1. The molecule has 1 aromatic rings. The van der Waals surface area contributed by atoms with E-state index >= 15 is 0 Å². The maximum atomic E-state index is 12.0. The van der Waals surface area contributed by atoms with Gasteiger partial charge in [0.25, 0.3) is 5.56 Å². The quantitative estimate of drug-likeness (QED) is 0.772.